The normalized spacial score (nSPS) is 26.3. The predicted molar refractivity (Wildman–Crippen MR) is 79.2 cm³/mol. The molecule has 0 aromatic heterocycles. The second kappa shape index (κ2) is 5.02. The lowest BCUT2D eigenvalue weighted by atomic mass is 10.1. The number of fused-ring (bicyclic) bond motifs is 2. The molecule has 5 nitrogen and oxygen atoms in total. The van der Waals surface area contributed by atoms with Crippen molar-refractivity contribution in [3.8, 4) is 5.75 Å². The van der Waals surface area contributed by atoms with Crippen LogP contribution < -0.4 is 4.74 Å². The summed E-state index contributed by atoms with van der Waals surface area (Å²) in [5.74, 6) is 0.748. The van der Waals surface area contributed by atoms with Gasteiger partial charge in [-0.05, 0) is 44.5 Å². The lowest BCUT2D eigenvalue weighted by molar-refractivity contribution is 0.0746. The molecule has 114 valence electrons. The van der Waals surface area contributed by atoms with Crippen LogP contribution in [0.1, 0.15) is 30.6 Å². The van der Waals surface area contributed by atoms with Gasteiger partial charge in [0.2, 0.25) is 0 Å². The molecule has 2 fully saturated rings. The van der Waals surface area contributed by atoms with Gasteiger partial charge in [0, 0.05) is 18.2 Å². The van der Waals surface area contributed by atoms with Crippen molar-refractivity contribution in [3.05, 3.63) is 29.8 Å². The molecule has 3 rings (SSSR count). The Morgan fingerprint density at radius 1 is 1.29 bits per heavy atom. The topological polar surface area (TPSA) is 63.7 Å². The number of sulfone groups is 1. The van der Waals surface area contributed by atoms with Crippen LogP contribution in [0.5, 0.6) is 5.75 Å². The summed E-state index contributed by atoms with van der Waals surface area (Å²) in [7, 11) is -2.97. The molecule has 2 atom stereocenters. The molecule has 21 heavy (non-hydrogen) atoms. The summed E-state index contributed by atoms with van der Waals surface area (Å²) < 4.78 is 29.0. The molecule has 6 heteroatoms. The Balaban J connectivity index is 1.72. The number of carbonyl (C=O) groups excluding carboxylic acids is 1. The van der Waals surface area contributed by atoms with E-state index in [0.29, 0.717) is 18.5 Å². The number of rotatable bonds is 3. The third-order valence-electron chi connectivity index (χ3n) is 4.04. The summed E-state index contributed by atoms with van der Waals surface area (Å²) >= 11 is 0. The Bertz CT molecular complexity index is 651. The third kappa shape index (κ3) is 2.64. The van der Waals surface area contributed by atoms with Gasteiger partial charge in [0.05, 0.1) is 17.1 Å². The lowest BCUT2D eigenvalue weighted by Crippen LogP contribution is -2.44. The van der Waals surface area contributed by atoms with Crippen molar-refractivity contribution in [1.82, 2.24) is 4.90 Å². The van der Waals surface area contributed by atoms with Crippen molar-refractivity contribution in [1.29, 1.82) is 0 Å². The largest absolute Gasteiger partial charge is 0.491 e. The van der Waals surface area contributed by atoms with Crippen LogP contribution in [0, 0.1) is 0 Å². The van der Waals surface area contributed by atoms with Crippen molar-refractivity contribution in [3.63, 3.8) is 0 Å². The number of likely N-dealkylation sites (tertiary alicyclic amines) is 1. The second-order valence-corrected chi connectivity index (χ2v) is 8.32. The number of hydrogen-bond donors (Lipinski definition) is 0. The Morgan fingerprint density at radius 2 is 1.95 bits per heavy atom. The zero-order valence-corrected chi connectivity index (χ0v) is 13.0. The van der Waals surface area contributed by atoms with Crippen LogP contribution in [0.25, 0.3) is 0 Å². The zero-order chi connectivity index (χ0) is 15.2. The molecule has 2 heterocycles. The van der Waals surface area contributed by atoms with Gasteiger partial charge >= 0.3 is 0 Å². The zero-order valence-electron chi connectivity index (χ0n) is 12.2. The molecular formula is C15H19NO4S. The van der Waals surface area contributed by atoms with Crippen molar-refractivity contribution >= 4 is 15.7 Å². The van der Waals surface area contributed by atoms with Gasteiger partial charge in [-0.15, -0.1) is 0 Å². The highest BCUT2D eigenvalue weighted by Crippen LogP contribution is 2.34. The maximum atomic E-state index is 12.5. The maximum absolute atomic E-state index is 12.5. The molecule has 2 aliphatic rings. The molecular weight excluding hydrogens is 290 g/mol. The fourth-order valence-corrected chi connectivity index (χ4v) is 5.09. The van der Waals surface area contributed by atoms with Gasteiger partial charge in [-0.3, -0.25) is 4.79 Å². The van der Waals surface area contributed by atoms with Crippen molar-refractivity contribution in [2.75, 3.05) is 12.3 Å². The molecule has 2 unspecified atom stereocenters. The number of nitrogens with zero attached hydrogens (tertiary/aromatic N) is 1. The van der Waals surface area contributed by atoms with Crippen LogP contribution in [0.2, 0.25) is 0 Å². The predicted octanol–water partition coefficient (Wildman–Crippen LogP) is 1.49. The summed E-state index contributed by atoms with van der Waals surface area (Å²) in [6, 6.07) is 6.87. The van der Waals surface area contributed by atoms with E-state index >= 15 is 0 Å². The molecule has 2 saturated heterocycles. The number of amides is 1. The Labute approximate surface area is 124 Å². The number of hydrogen-bond acceptors (Lipinski definition) is 4. The van der Waals surface area contributed by atoms with E-state index in [9.17, 15) is 13.2 Å². The minimum absolute atomic E-state index is 0.0890. The molecule has 0 spiro atoms. The third-order valence-corrected chi connectivity index (χ3v) is 6.25. The van der Waals surface area contributed by atoms with Gasteiger partial charge in [-0.2, -0.15) is 0 Å². The van der Waals surface area contributed by atoms with Gasteiger partial charge in [0.15, 0.2) is 9.84 Å². The van der Waals surface area contributed by atoms with Crippen molar-refractivity contribution in [2.24, 2.45) is 0 Å². The molecule has 2 aliphatic heterocycles. The Kier molecular flexibility index (Phi) is 3.43. The highest BCUT2D eigenvalue weighted by Gasteiger charge is 2.50. The first-order valence-electron chi connectivity index (χ1n) is 7.16. The SMILES string of the molecule is CC(C)Oc1ccc(C(=O)N2CC3CC2CS3(=O)=O)cc1. The van der Waals surface area contributed by atoms with E-state index in [1.54, 1.807) is 29.2 Å². The molecule has 0 radical (unpaired) electrons. The Morgan fingerprint density at radius 3 is 2.43 bits per heavy atom. The van der Waals surface area contributed by atoms with E-state index in [1.165, 1.54) is 0 Å². The standard InChI is InChI=1S/C15H19NO4S/c1-10(2)20-13-5-3-11(4-6-13)15(17)16-8-14-7-12(16)9-21(14,18)19/h3-6,10,12,14H,7-9H2,1-2H3. The van der Waals surface area contributed by atoms with Crippen LogP contribution in [-0.4, -0.2) is 48.9 Å². The molecule has 1 aromatic rings. The van der Waals surface area contributed by atoms with Crippen LogP contribution in [0.4, 0.5) is 0 Å². The summed E-state index contributed by atoms with van der Waals surface area (Å²) in [6.07, 6.45) is 0.675. The first-order valence-corrected chi connectivity index (χ1v) is 8.87. The summed E-state index contributed by atoms with van der Waals surface area (Å²) in [4.78, 5) is 14.2. The summed E-state index contributed by atoms with van der Waals surface area (Å²) in [5.41, 5.74) is 0.580. The average molecular weight is 309 g/mol. The van der Waals surface area contributed by atoms with Gasteiger partial charge < -0.3 is 9.64 Å². The minimum atomic E-state index is -2.97. The van der Waals surface area contributed by atoms with E-state index in [2.05, 4.69) is 0 Å². The number of carbonyl (C=O) groups is 1. The highest BCUT2D eigenvalue weighted by atomic mass is 32.2. The second-order valence-electron chi connectivity index (χ2n) is 5.99. The van der Waals surface area contributed by atoms with E-state index < -0.39 is 9.84 Å². The lowest BCUT2D eigenvalue weighted by Gasteiger charge is -2.27. The summed E-state index contributed by atoms with van der Waals surface area (Å²) in [6.45, 7) is 4.22. The number of benzene rings is 1. The minimum Gasteiger partial charge on any atom is -0.491 e. The van der Waals surface area contributed by atoms with Crippen LogP contribution >= 0.6 is 0 Å². The molecule has 1 aromatic carbocycles. The van der Waals surface area contributed by atoms with E-state index in [0.717, 1.165) is 5.75 Å². The molecule has 0 N–H and O–H groups in total. The smallest absolute Gasteiger partial charge is 0.254 e. The van der Waals surface area contributed by atoms with Crippen LogP contribution in [0.15, 0.2) is 24.3 Å². The van der Waals surface area contributed by atoms with Crippen molar-refractivity contribution < 1.29 is 17.9 Å². The fraction of sp³-hybridized carbons (Fsp3) is 0.533. The quantitative estimate of drug-likeness (QED) is 0.848. The van der Waals surface area contributed by atoms with Crippen LogP contribution in [-0.2, 0) is 9.84 Å². The maximum Gasteiger partial charge on any atom is 0.254 e. The van der Waals surface area contributed by atoms with Crippen molar-refractivity contribution in [2.45, 2.75) is 37.7 Å². The van der Waals surface area contributed by atoms with E-state index in [4.69, 9.17) is 4.74 Å². The van der Waals surface area contributed by atoms with Crippen LogP contribution in [0.3, 0.4) is 0 Å². The van der Waals surface area contributed by atoms with E-state index in [-0.39, 0.29) is 29.1 Å². The first kappa shape index (κ1) is 14.4. The van der Waals surface area contributed by atoms with Gasteiger partial charge in [0.25, 0.3) is 5.91 Å². The Hall–Kier alpha value is -1.56. The first-order chi connectivity index (χ1) is 9.87. The monoisotopic (exact) mass is 309 g/mol. The highest BCUT2D eigenvalue weighted by molar-refractivity contribution is 7.92. The molecule has 0 saturated carbocycles. The molecule has 0 aliphatic carbocycles. The van der Waals surface area contributed by atoms with E-state index in [1.807, 2.05) is 13.8 Å². The fourth-order valence-electron chi connectivity index (χ4n) is 3.06. The van der Waals surface area contributed by atoms with Gasteiger partial charge in [0.1, 0.15) is 5.75 Å². The van der Waals surface area contributed by atoms with Gasteiger partial charge in [-0.1, -0.05) is 0 Å². The number of ether oxygens (including phenoxy) is 1. The summed E-state index contributed by atoms with van der Waals surface area (Å²) in [5, 5.41) is -0.366. The van der Waals surface area contributed by atoms with Gasteiger partial charge in [-0.25, -0.2) is 8.42 Å². The average Bonchev–Trinajstić information content (AvgIpc) is 2.93. The molecule has 1 amide bonds. The molecule has 2 bridgehead atoms.